The van der Waals surface area contributed by atoms with Crippen LogP contribution in [0, 0.1) is 0 Å². The van der Waals surface area contributed by atoms with Crippen molar-refractivity contribution >= 4 is 5.91 Å². The molecule has 1 aromatic carbocycles. The fraction of sp³-hybridized carbons (Fsp3) is 0.471. The molecule has 0 saturated carbocycles. The van der Waals surface area contributed by atoms with Gasteiger partial charge in [0.2, 0.25) is 5.91 Å². The molecule has 1 aliphatic heterocycles. The summed E-state index contributed by atoms with van der Waals surface area (Å²) in [6, 6.07) is 8.06. The molecule has 0 radical (unpaired) electrons. The molecular formula is C17H22N2O. The number of hydrogen-bond donors (Lipinski definition) is 2. The summed E-state index contributed by atoms with van der Waals surface area (Å²) < 4.78 is 0. The largest absolute Gasteiger partial charge is 0.354 e. The lowest BCUT2D eigenvalue weighted by Crippen LogP contribution is -2.41. The standard InChI is InChI=1S/C17H22N2O/c20-17(19-11-9-13-5-1-2-6-13)16-15-8-4-3-7-14(15)10-12-18-16/h3-5,7-8,16,18H,1-2,6,9-12H2,(H,19,20). The zero-order valence-electron chi connectivity index (χ0n) is 11.8. The van der Waals surface area contributed by atoms with E-state index in [1.54, 1.807) is 0 Å². The van der Waals surface area contributed by atoms with Crippen molar-refractivity contribution in [3.05, 3.63) is 47.0 Å². The number of amides is 1. The lowest BCUT2D eigenvalue weighted by Gasteiger charge is -2.26. The van der Waals surface area contributed by atoms with Gasteiger partial charge in [-0.2, -0.15) is 0 Å². The van der Waals surface area contributed by atoms with Gasteiger partial charge in [-0.1, -0.05) is 35.9 Å². The molecule has 1 aromatic rings. The van der Waals surface area contributed by atoms with Gasteiger partial charge >= 0.3 is 0 Å². The number of rotatable bonds is 4. The monoisotopic (exact) mass is 270 g/mol. The first-order valence-corrected chi connectivity index (χ1v) is 7.61. The Kier molecular flexibility index (Phi) is 4.16. The van der Waals surface area contributed by atoms with Crippen molar-refractivity contribution < 1.29 is 4.79 Å². The second kappa shape index (κ2) is 6.23. The van der Waals surface area contributed by atoms with Crippen molar-refractivity contribution in [2.24, 2.45) is 0 Å². The summed E-state index contributed by atoms with van der Waals surface area (Å²) in [6.07, 6.45) is 8.02. The molecule has 0 spiro atoms. The number of fused-ring (bicyclic) bond motifs is 1. The normalized spacial score (nSPS) is 21.2. The van der Waals surface area contributed by atoms with E-state index in [2.05, 4.69) is 28.8 Å². The minimum atomic E-state index is -0.183. The quantitative estimate of drug-likeness (QED) is 0.825. The fourth-order valence-electron chi connectivity index (χ4n) is 3.15. The molecule has 0 bridgehead atoms. The summed E-state index contributed by atoms with van der Waals surface area (Å²) in [5.41, 5.74) is 3.93. The van der Waals surface area contributed by atoms with E-state index in [-0.39, 0.29) is 11.9 Å². The Labute approximate surface area is 120 Å². The molecule has 3 nitrogen and oxygen atoms in total. The predicted octanol–water partition coefficient (Wildman–Crippen LogP) is 2.49. The van der Waals surface area contributed by atoms with Crippen LogP contribution in [0.15, 0.2) is 35.9 Å². The van der Waals surface area contributed by atoms with Gasteiger partial charge in [-0.15, -0.1) is 0 Å². The number of benzene rings is 1. The van der Waals surface area contributed by atoms with Gasteiger partial charge in [0, 0.05) is 13.1 Å². The van der Waals surface area contributed by atoms with Crippen molar-refractivity contribution in [3.8, 4) is 0 Å². The third-order valence-corrected chi connectivity index (χ3v) is 4.25. The number of nitrogens with one attached hydrogen (secondary N) is 2. The topological polar surface area (TPSA) is 41.1 Å². The molecule has 0 saturated heterocycles. The van der Waals surface area contributed by atoms with Crippen LogP contribution in [0.25, 0.3) is 0 Å². The first-order valence-electron chi connectivity index (χ1n) is 7.61. The molecule has 1 atom stereocenters. The highest BCUT2D eigenvalue weighted by atomic mass is 16.2. The smallest absolute Gasteiger partial charge is 0.241 e. The first kappa shape index (κ1) is 13.4. The van der Waals surface area contributed by atoms with Crippen LogP contribution in [0.1, 0.15) is 42.9 Å². The SMILES string of the molecule is O=C(NCCC1=CCCC1)C1NCCc2ccccc21. The lowest BCUT2D eigenvalue weighted by molar-refractivity contribution is -0.123. The summed E-state index contributed by atoms with van der Waals surface area (Å²) in [5.74, 6) is 0.107. The minimum absolute atomic E-state index is 0.107. The number of hydrogen-bond acceptors (Lipinski definition) is 2. The fourth-order valence-corrected chi connectivity index (χ4v) is 3.15. The van der Waals surface area contributed by atoms with Gasteiger partial charge < -0.3 is 10.6 Å². The van der Waals surface area contributed by atoms with Crippen LogP contribution in [0.4, 0.5) is 0 Å². The van der Waals surface area contributed by atoms with E-state index in [4.69, 9.17) is 0 Å². The van der Waals surface area contributed by atoms with Gasteiger partial charge in [0.15, 0.2) is 0 Å². The molecular weight excluding hydrogens is 248 g/mol. The predicted molar refractivity (Wildman–Crippen MR) is 80.5 cm³/mol. The molecule has 2 aliphatic rings. The maximum absolute atomic E-state index is 12.3. The zero-order valence-corrected chi connectivity index (χ0v) is 11.8. The molecule has 3 rings (SSSR count). The van der Waals surface area contributed by atoms with E-state index < -0.39 is 0 Å². The maximum atomic E-state index is 12.3. The third kappa shape index (κ3) is 2.93. The summed E-state index contributed by atoms with van der Waals surface area (Å²) >= 11 is 0. The van der Waals surface area contributed by atoms with Gasteiger partial charge in [0.05, 0.1) is 0 Å². The van der Waals surface area contributed by atoms with E-state index in [9.17, 15) is 4.79 Å². The highest BCUT2D eigenvalue weighted by Gasteiger charge is 2.25. The number of allylic oxidation sites excluding steroid dienone is 1. The summed E-state index contributed by atoms with van der Waals surface area (Å²) in [4.78, 5) is 12.3. The highest BCUT2D eigenvalue weighted by molar-refractivity contribution is 5.83. The van der Waals surface area contributed by atoms with Crippen LogP contribution >= 0.6 is 0 Å². The molecule has 1 unspecified atom stereocenters. The minimum Gasteiger partial charge on any atom is -0.354 e. The second-order valence-electron chi connectivity index (χ2n) is 5.63. The van der Waals surface area contributed by atoms with Crippen molar-refractivity contribution in [2.45, 2.75) is 38.1 Å². The van der Waals surface area contributed by atoms with Crippen LogP contribution in [0.2, 0.25) is 0 Å². The van der Waals surface area contributed by atoms with Gasteiger partial charge in [-0.3, -0.25) is 4.79 Å². The molecule has 1 heterocycles. The van der Waals surface area contributed by atoms with Gasteiger partial charge in [-0.25, -0.2) is 0 Å². The van der Waals surface area contributed by atoms with E-state index in [0.717, 1.165) is 31.5 Å². The molecule has 3 heteroatoms. The average Bonchev–Trinajstić information content (AvgIpc) is 3.00. The van der Waals surface area contributed by atoms with E-state index >= 15 is 0 Å². The Bertz CT molecular complexity index is 521. The highest BCUT2D eigenvalue weighted by Crippen LogP contribution is 2.23. The Morgan fingerprint density at radius 1 is 1.30 bits per heavy atom. The first-order chi connectivity index (χ1) is 9.84. The Balaban J connectivity index is 1.57. The molecule has 1 aliphatic carbocycles. The summed E-state index contributed by atoms with van der Waals surface area (Å²) in [6.45, 7) is 1.63. The average molecular weight is 270 g/mol. The van der Waals surface area contributed by atoms with Gasteiger partial charge in [-0.05, 0) is 43.2 Å². The van der Waals surface area contributed by atoms with E-state index in [0.29, 0.717) is 0 Å². The van der Waals surface area contributed by atoms with Crippen LogP contribution in [-0.4, -0.2) is 19.0 Å². The van der Waals surface area contributed by atoms with Crippen LogP contribution < -0.4 is 10.6 Å². The van der Waals surface area contributed by atoms with Crippen molar-refractivity contribution in [1.29, 1.82) is 0 Å². The van der Waals surface area contributed by atoms with Gasteiger partial charge in [0.1, 0.15) is 6.04 Å². The molecule has 0 fully saturated rings. The zero-order chi connectivity index (χ0) is 13.8. The summed E-state index contributed by atoms with van der Waals surface area (Å²) in [7, 11) is 0. The van der Waals surface area contributed by atoms with E-state index in [1.807, 2.05) is 12.1 Å². The van der Waals surface area contributed by atoms with Gasteiger partial charge in [0.25, 0.3) is 0 Å². The van der Waals surface area contributed by atoms with Crippen molar-refractivity contribution in [1.82, 2.24) is 10.6 Å². The molecule has 106 valence electrons. The molecule has 20 heavy (non-hydrogen) atoms. The van der Waals surface area contributed by atoms with Crippen LogP contribution in [0.5, 0.6) is 0 Å². The number of carbonyl (C=O) groups is 1. The maximum Gasteiger partial charge on any atom is 0.241 e. The van der Waals surface area contributed by atoms with Crippen LogP contribution in [0.3, 0.4) is 0 Å². The summed E-state index contributed by atoms with van der Waals surface area (Å²) in [5, 5.41) is 6.40. The Morgan fingerprint density at radius 3 is 3.05 bits per heavy atom. The third-order valence-electron chi connectivity index (χ3n) is 4.25. The van der Waals surface area contributed by atoms with Crippen LogP contribution in [-0.2, 0) is 11.2 Å². The number of carbonyl (C=O) groups excluding carboxylic acids is 1. The lowest BCUT2D eigenvalue weighted by atomic mass is 9.94. The molecule has 2 N–H and O–H groups in total. The Hall–Kier alpha value is -1.61. The van der Waals surface area contributed by atoms with Crippen molar-refractivity contribution in [2.75, 3.05) is 13.1 Å². The molecule has 1 amide bonds. The molecule has 0 aromatic heterocycles. The Morgan fingerprint density at radius 2 is 2.20 bits per heavy atom. The van der Waals surface area contributed by atoms with E-state index in [1.165, 1.54) is 30.4 Å². The van der Waals surface area contributed by atoms with Crippen molar-refractivity contribution in [3.63, 3.8) is 0 Å². The second-order valence-corrected chi connectivity index (χ2v) is 5.63.